The number of isocyanates is 1. The van der Waals surface area contributed by atoms with E-state index in [1.54, 1.807) is 0 Å². The van der Waals surface area contributed by atoms with Gasteiger partial charge < -0.3 is 0 Å². The van der Waals surface area contributed by atoms with Crippen LogP contribution in [0.1, 0.15) is 38.9 Å². The molecule has 32 heavy (non-hydrogen) atoms. The van der Waals surface area contributed by atoms with Gasteiger partial charge in [-0.2, -0.15) is 4.99 Å². The van der Waals surface area contributed by atoms with Crippen LogP contribution in [0.25, 0.3) is 0 Å². The van der Waals surface area contributed by atoms with E-state index in [1.165, 1.54) is 45.0 Å². The first kappa shape index (κ1) is 22.9. The van der Waals surface area contributed by atoms with Gasteiger partial charge in [0.1, 0.15) is 0 Å². The molecule has 4 aromatic carbocycles. The van der Waals surface area contributed by atoms with Crippen molar-refractivity contribution in [3.8, 4) is 0 Å². The molecule has 0 amide bonds. The fraction of sp³-hybridized carbons (Fsp3) is 0.167. The molecule has 0 unspecified atom stereocenters. The van der Waals surface area contributed by atoms with Crippen LogP contribution in [0, 0.1) is 20.8 Å². The van der Waals surface area contributed by atoms with Gasteiger partial charge in [-0.1, -0.05) is 102 Å². The summed E-state index contributed by atoms with van der Waals surface area (Å²) in [6, 6.07) is 33.6. The summed E-state index contributed by atoms with van der Waals surface area (Å²) in [7, 11) is 0. The van der Waals surface area contributed by atoms with Gasteiger partial charge in [0.05, 0.1) is 5.69 Å². The van der Waals surface area contributed by atoms with Crippen LogP contribution in [0.3, 0.4) is 0 Å². The predicted molar refractivity (Wildman–Crippen MR) is 133 cm³/mol. The van der Waals surface area contributed by atoms with Crippen molar-refractivity contribution in [2.45, 2.75) is 33.6 Å². The number of hydrogen-bond acceptors (Lipinski definition) is 2. The van der Waals surface area contributed by atoms with E-state index in [1.807, 2.05) is 24.3 Å². The molecule has 2 nitrogen and oxygen atoms in total. The molecule has 0 fully saturated rings. The Morgan fingerprint density at radius 1 is 0.500 bits per heavy atom. The highest BCUT2D eigenvalue weighted by atomic mass is 16.1. The molecule has 0 aromatic heterocycles. The van der Waals surface area contributed by atoms with E-state index in [-0.39, 0.29) is 0 Å². The van der Waals surface area contributed by atoms with Gasteiger partial charge in [-0.3, -0.25) is 0 Å². The largest absolute Gasteiger partial charge is 0.240 e. The first-order valence-corrected chi connectivity index (χ1v) is 10.9. The molecule has 0 N–H and O–H groups in total. The van der Waals surface area contributed by atoms with E-state index in [0.29, 0.717) is 5.69 Å². The van der Waals surface area contributed by atoms with Crippen LogP contribution < -0.4 is 0 Å². The molecule has 0 spiro atoms. The molecule has 0 aliphatic heterocycles. The van der Waals surface area contributed by atoms with Crippen molar-refractivity contribution in [3.05, 3.63) is 136 Å². The average Bonchev–Trinajstić information content (AvgIpc) is 2.80. The van der Waals surface area contributed by atoms with Crippen molar-refractivity contribution in [1.82, 2.24) is 0 Å². The lowest BCUT2D eigenvalue weighted by Crippen LogP contribution is -1.88. The van der Waals surface area contributed by atoms with Crippen molar-refractivity contribution in [1.29, 1.82) is 0 Å². The fourth-order valence-corrected chi connectivity index (χ4v) is 3.33. The third-order valence-corrected chi connectivity index (χ3v) is 5.29. The van der Waals surface area contributed by atoms with Gasteiger partial charge in [-0.15, -0.1) is 0 Å². The Balaban J connectivity index is 0.000000182. The Kier molecular flexibility index (Phi) is 8.31. The highest BCUT2D eigenvalue weighted by Crippen LogP contribution is 2.16. The molecule has 2 heteroatoms. The molecule has 0 saturated carbocycles. The van der Waals surface area contributed by atoms with E-state index in [2.05, 4.69) is 98.6 Å². The Hall–Kier alpha value is -3.74. The Morgan fingerprint density at radius 2 is 0.781 bits per heavy atom. The molecule has 0 atom stereocenters. The zero-order valence-corrected chi connectivity index (χ0v) is 19.0. The zero-order valence-electron chi connectivity index (χ0n) is 19.0. The lowest BCUT2D eigenvalue weighted by Gasteiger charge is -2.03. The van der Waals surface area contributed by atoms with Gasteiger partial charge >= 0.3 is 0 Å². The summed E-state index contributed by atoms with van der Waals surface area (Å²) in [6.45, 7) is 6.32. The summed E-state index contributed by atoms with van der Waals surface area (Å²) >= 11 is 0. The van der Waals surface area contributed by atoms with Gasteiger partial charge in [0.2, 0.25) is 6.08 Å². The molecule has 0 heterocycles. The van der Waals surface area contributed by atoms with Crippen LogP contribution in [-0.4, -0.2) is 6.08 Å². The maximum atomic E-state index is 10.1. The highest BCUT2D eigenvalue weighted by Gasteiger charge is 1.97. The lowest BCUT2D eigenvalue weighted by atomic mass is 10.0. The van der Waals surface area contributed by atoms with Crippen molar-refractivity contribution in [2.75, 3.05) is 0 Å². The molecule has 0 aliphatic rings. The molecule has 4 rings (SSSR count). The third kappa shape index (κ3) is 7.50. The minimum Gasteiger partial charge on any atom is -0.211 e. The summed E-state index contributed by atoms with van der Waals surface area (Å²) in [5.74, 6) is 0. The average molecular weight is 420 g/mol. The predicted octanol–water partition coefficient (Wildman–Crippen LogP) is 7.45. The summed E-state index contributed by atoms with van der Waals surface area (Å²) in [5.41, 5.74) is 9.80. The van der Waals surface area contributed by atoms with Crippen molar-refractivity contribution >= 4 is 11.8 Å². The van der Waals surface area contributed by atoms with Crippen LogP contribution >= 0.6 is 0 Å². The molecule has 0 aliphatic carbocycles. The Labute approximate surface area is 191 Å². The molecule has 0 radical (unpaired) electrons. The van der Waals surface area contributed by atoms with Crippen LogP contribution in [-0.2, 0) is 17.6 Å². The first-order valence-electron chi connectivity index (χ1n) is 10.9. The number of carbonyl (C=O) groups excluding carboxylic acids is 1. The SMILES string of the molecule is Cc1ccc(Cc2ccc(C)cc2)cc1.Cc1ccc(Cc2ccc(N=C=O)cc2)cc1. The van der Waals surface area contributed by atoms with E-state index in [4.69, 9.17) is 0 Å². The van der Waals surface area contributed by atoms with Crippen molar-refractivity contribution in [2.24, 2.45) is 4.99 Å². The van der Waals surface area contributed by atoms with Crippen LogP contribution in [0.5, 0.6) is 0 Å². The minimum absolute atomic E-state index is 0.646. The molecule has 160 valence electrons. The zero-order chi connectivity index (χ0) is 22.8. The number of rotatable bonds is 5. The van der Waals surface area contributed by atoms with Crippen molar-refractivity contribution in [3.63, 3.8) is 0 Å². The summed E-state index contributed by atoms with van der Waals surface area (Å²) in [5, 5.41) is 0. The van der Waals surface area contributed by atoms with Gasteiger partial charge in [0.15, 0.2) is 0 Å². The molecule has 0 bridgehead atoms. The number of hydrogen-bond donors (Lipinski definition) is 0. The van der Waals surface area contributed by atoms with Crippen molar-refractivity contribution < 1.29 is 4.79 Å². The van der Waals surface area contributed by atoms with Gasteiger partial charge in [-0.25, -0.2) is 4.79 Å². The smallest absolute Gasteiger partial charge is 0.211 e. The summed E-state index contributed by atoms with van der Waals surface area (Å²) in [6.07, 6.45) is 3.46. The Bertz CT molecular complexity index is 1110. The Morgan fingerprint density at radius 3 is 1.06 bits per heavy atom. The second-order valence-corrected chi connectivity index (χ2v) is 8.18. The lowest BCUT2D eigenvalue weighted by molar-refractivity contribution is 0.565. The standard InChI is InChI=1S/C15H13NO.C15H16/c1-12-2-4-13(5-3-12)10-14-6-8-15(9-7-14)16-11-17;1-12-3-7-14(8-4-12)11-15-9-5-13(2)6-10-15/h2-9H,10H2,1H3;3-10H,11H2,1-2H3. The molecular formula is C30H29NO. The molecule has 4 aromatic rings. The van der Waals surface area contributed by atoms with Crippen LogP contribution in [0.15, 0.2) is 102 Å². The van der Waals surface area contributed by atoms with Crippen LogP contribution in [0.4, 0.5) is 5.69 Å². The van der Waals surface area contributed by atoms with Gasteiger partial charge in [0.25, 0.3) is 0 Å². The quantitative estimate of drug-likeness (QED) is 0.244. The monoisotopic (exact) mass is 419 g/mol. The topological polar surface area (TPSA) is 29.4 Å². The number of nitrogens with zero attached hydrogens (tertiary/aromatic N) is 1. The van der Waals surface area contributed by atoms with E-state index in [0.717, 1.165) is 12.8 Å². The first-order chi connectivity index (χ1) is 15.5. The van der Waals surface area contributed by atoms with Crippen LogP contribution in [0.2, 0.25) is 0 Å². The third-order valence-electron chi connectivity index (χ3n) is 5.29. The normalized spacial score (nSPS) is 9.97. The number of aryl methyl sites for hydroxylation is 3. The molecule has 0 saturated heterocycles. The van der Waals surface area contributed by atoms with E-state index < -0.39 is 0 Å². The minimum atomic E-state index is 0.646. The highest BCUT2D eigenvalue weighted by molar-refractivity contribution is 5.49. The van der Waals surface area contributed by atoms with Gasteiger partial charge in [-0.05, 0) is 68.0 Å². The maximum absolute atomic E-state index is 10.1. The van der Waals surface area contributed by atoms with E-state index >= 15 is 0 Å². The fourth-order valence-electron chi connectivity index (χ4n) is 3.33. The second-order valence-electron chi connectivity index (χ2n) is 8.18. The summed E-state index contributed by atoms with van der Waals surface area (Å²) in [4.78, 5) is 13.7. The molecular weight excluding hydrogens is 390 g/mol. The maximum Gasteiger partial charge on any atom is 0.240 e. The second kappa shape index (κ2) is 11.6. The summed E-state index contributed by atoms with van der Waals surface area (Å²) < 4.78 is 0. The number of benzene rings is 4. The van der Waals surface area contributed by atoms with Gasteiger partial charge in [0, 0.05) is 0 Å². The number of aliphatic imine (C=N–C) groups is 1. The van der Waals surface area contributed by atoms with E-state index in [9.17, 15) is 4.79 Å².